The molecule has 1 aromatic carbocycles. The number of thiazole rings is 1. The molecule has 0 unspecified atom stereocenters. The van der Waals surface area contributed by atoms with Crippen molar-refractivity contribution in [2.24, 2.45) is 4.99 Å². The summed E-state index contributed by atoms with van der Waals surface area (Å²) in [5.41, 5.74) is 2.03. The van der Waals surface area contributed by atoms with Gasteiger partial charge in [-0.2, -0.15) is 4.99 Å². The van der Waals surface area contributed by atoms with Crippen LogP contribution in [0.5, 0.6) is 0 Å². The van der Waals surface area contributed by atoms with Gasteiger partial charge in [-0.1, -0.05) is 29.9 Å². The molecule has 0 bridgehead atoms. The number of ether oxygens (including phenoxy) is 1. The van der Waals surface area contributed by atoms with E-state index in [9.17, 15) is 4.79 Å². The minimum absolute atomic E-state index is 0.119. The Morgan fingerprint density at radius 1 is 1.50 bits per heavy atom. The van der Waals surface area contributed by atoms with Crippen molar-refractivity contribution in [1.82, 2.24) is 4.57 Å². The van der Waals surface area contributed by atoms with Gasteiger partial charge in [0.1, 0.15) is 0 Å². The second kappa shape index (κ2) is 6.52. The van der Waals surface area contributed by atoms with Gasteiger partial charge in [0, 0.05) is 25.1 Å². The first-order valence-electron chi connectivity index (χ1n) is 6.43. The normalized spacial score (nSPS) is 12.3. The number of fused-ring (bicyclic) bond motifs is 1. The average molecular weight is 313 g/mol. The number of rotatable bonds is 4. The molecule has 108 valence electrons. The number of aryl methyl sites for hydroxylation is 1. The summed E-state index contributed by atoms with van der Waals surface area (Å²) in [6.07, 6.45) is 0.401. The molecule has 2 rings (SSSR count). The van der Waals surface area contributed by atoms with Crippen molar-refractivity contribution in [1.29, 1.82) is 0 Å². The maximum absolute atomic E-state index is 11.6. The quantitative estimate of drug-likeness (QED) is 0.870. The van der Waals surface area contributed by atoms with E-state index >= 15 is 0 Å². The lowest BCUT2D eigenvalue weighted by Gasteiger charge is -2.07. The molecular formula is C14H17ClN2O2S. The van der Waals surface area contributed by atoms with Crippen LogP contribution in [-0.2, 0) is 16.1 Å². The van der Waals surface area contributed by atoms with E-state index in [-0.39, 0.29) is 5.91 Å². The summed E-state index contributed by atoms with van der Waals surface area (Å²) in [5.74, 6) is -0.119. The van der Waals surface area contributed by atoms with E-state index in [1.807, 2.05) is 23.6 Å². The van der Waals surface area contributed by atoms with Gasteiger partial charge >= 0.3 is 0 Å². The topological polar surface area (TPSA) is 43.6 Å². The van der Waals surface area contributed by atoms with E-state index in [0.29, 0.717) is 24.4 Å². The summed E-state index contributed by atoms with van der Waals surface area (Å²) < 4.78 is 8.23. The van der Waals surface area contributed by atoms with Crippen LogP contribution in [0.15, 0.2) is 17.1 Å². The van der Waals surface area contributed by atoms with E-state index in [0.717, 1.165) is 20.8 Å². The van der Waals surface area contributed by atoms with Crippen molar-refractivity contribution in [2.75, 3.05) is 13.7 Å². The molecular weight excluding hydrogens is 296 g/mol. The van der Waals surface area contributed by atoms with Crippen LogP contribution in [-0.4, -0.2) is 24.2 Å². The molecule has 1 aromatic heterocycles. The molecule has 2 aromatic rings. The van der Waals surface area contributed by atoms with Gasteiger partial charge in [0.2, 0.25) is 5.91 Å². The lowest BCUT2D eigenvalue weighted by molar-refractivity contribution is -0.117. The number of amides is 1. The Morgan fingerprint density at radius 2 is 2.25 bits per heavy atom. The van der Waals surface area contributed by atoms with Crippen LogP contribution in [0, 0.1) is 6.92 Å². The third-order valence-electron chi connectivity index (χ3n) is 3.07. The van der Waals surface area contributed by atoms with Crippen LogP contribution < -0.4 is 4.80 Å². The maximum Gasteiger partial charge on any atom is 0.248 e. The predicted molar refractivity (Wildman–Crippen MR) is 82.3 cm³/mol. The number of carbonyl (C=O) groups excluding carboxylic acids is 1. The molecule has 0 aliphatic heterocycles. The van der Waals surface area contributed by atoms with Crippen LogP contribution in [0.2, 0.25) is 5.02 Å². The molecule has 1 amide bonds. The number of nitrogens with zero attached hydrogens (tertiary/aromatic N) is 2. The standard InChI is InChI=1S/C14H17ClN2O2S/c1-4-12(18)16-14-17(7-8-19-3)13-9(2)10(15)5-6-11(13)20-14/h5-6H,4,7-8H2,1-3H3. The van der Waals surface area contributed by atoms with Crippen molar-refractivity contribution in [3.63, 3.8) is 0 Å². The van der Waals surface area contributed by atoms with Crippen molar-refractivity contribution < 1.29 is 9.53 Å². The first-order valence-corrected chi connectivity index (χ1v) is 7.62. The van der Waals surface area contributed by atoms with Gasteiger partial charge in [-0.3, -0.25) is 4.79 Å². The highest BCUT2D eigenvalue weighted by atomic mass is 35.5. The maximum atomic E-state index is 11.6. The van der Waals surface area contributed by atoms with Crippen LogP contribution in [0.1, 0.15) is 18.9 Å². The van der Waals surface area contributed by atoms with E-state index in [2.05, 4.69) is 4.99 Å². The number of hydrogen-bond acceptors (Lipinski definition) is 3. The highest BCUT2D eigenvalue weighted by Crippen LogP contribution is 2.27. The highest BCUT2D eigenvalue weighted by Gasteiger charge is 2.11. The largest absolute Gasteiger partial charge is 0.383 e. The van der Waals surface area contributed by atoms with Crippen molar-refractivity contribution in [2.45, 2.75) is 26.8 Å². The fourth-order valence-corrected chi connectivity index (χ4v) is 3.26. The zero-order valence-corrected chi connectivity index (χ0v) is 13.3. The molecule has 0 saturated heterocycles. The molecule has 20 heavy (non-hydrogen) atoms. The Morgan fingerprint density at radius 3 is 2.90 bits per heavy atom. The summed E-state index contributed by atoms with van der Waals surface area (Å²) in [6.45, 7) is 4.99. The van der Waals surface area contributed by atoms with Crippen molar-refractivity contribution >= 4 is 39.1 Å². The van der Waals surface area contributed by atoms with E-state index in [4.69, 9.17) is 16.3 Å². The van der Waals surface area contributed by atoms with Crippen LogP contribution in [0.25, 0.3) is 10.2 Å². The van der Waals surface area contributed by atoms with Crippen molar-refractivity contribution in [3.8, 4) is 0 Å². The number of aromatic nitrogens is 1. The molecule has 4 nitrogen and oxygen atoms in total. The Hall–Kier alpha value is -1.17. The number of hydrogen-bond donors (Lipinski definition) is 0. The van der Waals surface area contributed by atoms with E-state index in [1.165, 1.54) is 11.3 Å². The first kappa shape index (κ1) is 15.2. The number of methoxy groups -OCH3 is 1. The number of carbonyl (C=O) groups is 1. The van der Waals surface area contributed by atoms with Gasteiger partial charge in [0.05, 0.1) is 16.8 Å². The van der Waals surface area contributed by atoms with Gasteiger partial charge in [0.25, 0.3) is 0 Å². The third-order valence-corrected chi connectivity index (χ3v) is 4.52. The first-order chi connectivity index (χ1) is 9.58. The number of benzene rings is 1. The van der Waals surface area contributed by atoms with Gasteiger partial charge in [-0.25, -0.2) is 0 Å². The Balaban J connectivity index is 2.71. The molecule has 0 fully saturated rings. The van der Waals surface area contributed by atoms with Gasteiger partial charge < -0.3 is 9.30 Å². The van der Waals surface area contributed by atoms with Crippen LogP contribution in [0.3, 0.4) is 0 Å². The molecule has 0 spiro atoms. The monoisotopic (exact) mass is 312 g/mol. The van der Waals surface area contributed by atoms with Crippen LogP contribution >= 0.6 is 22.9 Å². The summed E-state index contributed by atoms with van der Waals surface area (Å²) in [6, 6.07) is 3.84. The van der Waals surface area contributed by atoms with Gasteiger partial charge in [-0.15, -0.1) is 0 Å². The Kier molecular flexibility index (Phi) is 4.96. The zero-order chi connectivity index (χ0) is 14.7. The molecule has 0 radical (unpaired) electrons. The average Bonchev–Trinajstić information content (AvgIpc) is 2.78. The highest BCUT2D eigenvalue weighted by molar-refractivity contribution is 7.16. The van der Waals surface area contributed by atoms with E-state index in [1.54, 1.807) is 14.0 Å². The summed E-state index contributed by atoms with van der Waals surface area (Å²) in [4.78, 5) is 16.5. The minimum Gasteiger partial charge on any atom is -0.383 e. The predicted octanol–water partition coefficient (Wildman–Crippen LogP) is 3.15. The fourth-order valence-electron chi connectivity index (χ4n) is 1.98. The molecule has 0 atom stereocenters. The zero-order valence-electron chi connectivity index (χ0n) is 11.8. The summed E-state index contributed by atoms with van der Waals surface area (Å²) >= 11 is 7.70. The SMILES string of the molecule is CCC(=O)N=c1sc2ccc(Cl)c(C)c2n1CCOC. The lowest BCUT2D eigenvalue weighted by atomic mass is 10.2. The second-order valence-corrected chi connectivity index (χ2v) is 5.82. The fraction of sp³-hybridized carbons (Fsp3) is 0.429. The van der Waals surface area contributed by atoms with E-state index < -0.39 is 0 Å². The second-order valence-electron chi connectivity index (χ2n) is 4.41. The summed E-state index contributed by atoms with van der Waals surface area (Å²) in [7, 11) is 1.66. The van der Waals surface area contributed by atoms with Gasteiger partial charge in [0.15, 0.2) is 4.80 Å². The third kappa shape index (κ3) is 2.95. The Bertz CT molecular complexity index is 703. The van der Waals surface area contributed by atoms with Gasteiger partial charge in [-0.05, 0) is 24.6 Å². The smallest absolute Gasteiger partial charge is 0.248 e. The lowest BCUT2D eigenvalue weighted by Crippen LogP contribution is -2.19. The number of halogens is 1. The molecule has 0 N–H and O–H groups in total. The molecule has 1 heterocycles. The Labute approximate surface area is 126 Å². The van der Waals surface area contributed by atoms with Crippen molar-refractivity contribution in [3.05, 3.63) is 27.5 Å². The minimum atomic E-state index is -0.119. The molecule has 0 aliphatic rings. The van der Waals surface area contributed by atoms with Crippen LogP contribution in [0.4, 0.5) is 0 Å². The summed E-state index contributed by atoms with van der Waals surface area (Å²) in [5, 5.41) is 0.717. The molecule has 0 aliphatic carbocycles. The molecule has 6 heteroatoms. The molecule has 0 saturated carbocycles.